The SMILES string of the molecule is Cc1cccc(Cl)c1C(=O)N[C@@H](Cc1ccc(C2=CCN(C(=O)C3CC3)CC2)cc1)C(=O)O. The van der Waals surface area contributed by atoms with Crippen molar-refractivity contribution < 1.29 is 19.5 Å². The third-order valence-corrected chi connectivity index (χ3v) is 6.58. The molecule has 1 heterocycles. The average molecular weight is 467 g/mol. The van der Waals surface area contributed by atoms with Crippen molar-refractivity contribution in [2.45, 2.75) is 38.6 Å². The fraction of sp³-hybridized carbons (Fsp3) is 0.346. The normalized spacial score (nSPS) is 16.7. The first-order chi connectivity index (χ1) is 15.8. The molecule has 6 nitrogen and oxygen atoms in total. The summed E-state index contributed by atoms with van der Waals surface area (Å²) < 4.78 is 0. The molecule has 0 saturated heterocycles. The molecule has 2 amide bonds. The van der Waals surface area contributed by atoms with E-state index in [0.717, 1.165) is 36.9 Å². The molecule has 1 saturated carbocycles. The molecule has 1 fully saturated rings. The first kappa shape index (κ1) is 23.1. The van der Waals surface area contributed by atoms with Crippen molar-refractivity contribution in [3.8, 4) is 0 Å². The highest BCUT2D eigenvalue weighted by Gasteiger charge is 2.33. The number of carboxylic acids is 1. The quantitative estimate of drug-likeness (QED) is 0.643. The van der Waals surface area contributed by atoms with Gasteiger partial charge in [-0.25, -0.2) is 4.79 Å². The average Bonchev–Trinajstić information content (AvgIpc) is 3.64. The van der Waals surface area contributed by atoms with E-state index in [2.05, 4.69) is 11.4 Å². The van der Waals surface area contributed by atoms with E-state index in [1.54, 1.807) is 25.1 Å². The van der Waals surface area contributed by atoms with Crippen LogP contribution in [-0.2, 0) is 16.0 Å². The molecule has 2 aliphatic rings. The molecule has 0 spiro atoms. The van der Waals surface area contributed by atoms with Gasteiger partial charge in [-0.2, -0.15) is 0 Å². The van der Waals surface area contributed by atoms with Crippen LogP contribution in [0.15, 0.2) is 48.5 Å². The van der Waals surface area contributed by atoms with Gasteiger partial charge < -0.3 is 15.3 Å². The monoisotopic (exact) mass is 466 g/mol. The molecule has 0 bridgehead atoms. The van der Waals surface area contributed by atoms with E-state index in [0.29, 0.717) is 22.7 Å². The van der Waals surface area contributed by atoms with Crippen LogP contribution >= 0.6 is 11.6 Å². The van der Waals surface area contributed by atoms with Crippen LogP contribution in [0.3, 0.4) is 0 Å². The van der Waals surface area contributed by atoms with Crippen LogP contribution in [0.2, 0.25) is 5.02 Å². The Bertz CT molecular complexity index is 1090. The molecule has 0 radical (unpaired) electrons. The number of hydrogen-bond donors (Lipinski definition) is 2. The third kappa shape index (κ3) is 5.45. The van der Waals surface area contributed by atoms with Crippen molar-refractivity contribution in [1.82, 2.24) is 10.2 Å². The number of halogens is 1. The highest BCUT2D eigenvalue weighted by Crippen LogP contribution is 2.32. The maximum Gasteiger partial charge on any atom is 0.326 e. The van der Waals surface area contributed by atoms with Crippen molar-refractivity contribution in [2.24, 2.45) is 5.92 Å². The Kier molecular flexibility index (Phi) is 6.84. The maximum absolute atomic E-state index is 12.7. The number of amides is 2. The zero-order chi connectivity index (χ0) is 23.5. The Balaban J connectivity index is 1.40. The fourth-order valence-corrected chi connectivity index (χ4v) is 4.47. The summed E-state index contributed by atoms with van der Waals surface area (Å²) in [4.78, 5) is 38.6. The molecule has 1 aliphatic heterocycles. The van der Waals surface area contributed by atoms with Gasteiger partial charge in [-0.3, -0.25) is 9.59 Å². The van der Waals surface area contributed by atoms with E-state index >= 15 is 0 Å². The van der Waals surface area contributed by atoms with Gasteiger partial charge in [0.25, 0.3) is 5.91 Å². The highest BCUT2D eigenvalue weighted by atomic mass is 35.5. The molecule has 2 aromatic carbocycles. The molecular weight excluding hydrogens is 440 g/mol. The van der Waals surface area contributed by atoms with Crippen LogP contribution in [-0.4, -0.2) is 46.9 Å². The first-order valence-electron chi connectivity index (χ1n) is 11.2. The summed E-state index contributed by atoms with van der Waals surface area (Å²) >= 11 is 6.15. The van der Waals surface area contributed by atoms with Gasteiger partial charge in [-0.15, -0.1) is 0 Å². The van der Waals surface area contributed by atoms with Crippen molar-refractivity contribution >= 4 is 35.0 Å². The number of aryl methyl sites for hydroxylation is 1. The van der Waals surface area contributed by atoms with E-state index in [4.69, 9.17) is 11.6 Å². The molecule has 7 heteroatoms. The van der Waals surface area contributed by atoms with Gasteiger partial charge in [0.05, 0.1) is 10.6 Å². The molecular formula is C26H27ClN2O4. The van der Waals surface area contributed by atoms with E-state index < -0.39 is 17.9 Å². The van der Waals surface area contributed by atoms with Crippen molar-refractivity contribution in [3.63, 3.8) is 0 Å². The van der Waals surface area contributed by atoms with Gasteiger partial charge in [0.1, 0.15) is 6.04 Å². The third-order valence-electron chi connectivity index (χ3n) is 6.26. The van der Waals surface area contributed by atoms with Gasteiger partial charge in [-0.05, 0) is 54.5 Å². The molecule has 172 valence electrons. The Hall–Kier alpha value is -3.12. The van der Waals surface area contributed by atoms with E-state index in [1.165, 1.54) is 5.57 Å². The zero-order valence-corrected chi connectivity index (χ0v) is 19.3. The number of nitrogens with one attached hydrogen (secondary N) is 1. The van der Waals surface area contributed by atoms with Crippen LogP contribution in [0.4, 0.5) is 0 Å². The lowest BCUT2D eigenvalue weighted by atomic mass is 9.96. The van der Waals surface area contributed by atoms with E-state index in [1.807, 2.05) is 29.2 Å². The number of carboxylic acid groups (broad SMARTS) is 1. The predicted octanol–water partition coefficient (Wildman–Crippen LogP) is 4.10. The molecule has 0 unspecified atom stereocenters. The van der Waals surface area contributed by atoms with Crippen molar-refractivity contribution in [1.29, 1.82) is 0 Å². The zero-order valence-electron chi connectivity index (χ0n) is 18.5. The standard InChI is InChI=1S/C26H27ClN2O4/c1-16-3-2-4-21(27)23(16)24(30)28-22(26(32)33)15-17-5-7-18(8-6-17)19-11-13-29(14-12-19)25(31)20-9-10-20/h2-8,11,20,22H,9-10,12-15H2,1H3,(H,28,30)(H,32,33)/t22-/m0/s1. The summed E-state index contributed by atoms with van der Waals surface area (Å²) in [5.41, 5.74) is 4.05. The lowest BCUT2D eigenvalue weighted by molar-refractivity contribution is -0.139. The number of nitrogens with zero attached hydrogens (tertiary/aromatic N) is 1. The number of benzene rings is 2. The van der Waals surface area contributed by atoms with E-state index in [9.17, 15) is 19.5 Å². The number of aliphatic carboxylic acids is 1. The Morgan fingerprint density at radius 1 is 1.15 bits per heavy atom. The number of hydrogen-bond acceptors (Lipinski definition) is 3. The molecule has 1 atom stereocenters. The van der Waals surface area contributed by atoms with Crippen molar-refractivity contribution in [2.75, 3.05) is 13.1 Å². The topological polar surface area (TPSA) is 86.7 Å². The lowest BCUT2D eigenvalue weighted by Gasteiger charge is -2.27. The van der Waals surface area contributed by atoms with Gasteiger partial charge >= 0.3 is 5.97 Å². The summed E-state index contributed by atoms with van der Waals surface area (Å²) in [6.07, 6.45) is 5.10. The minimum absolute atomic E-state index is 0.160. The molecule has 1 aliphatic carbocycles. The fourth-order valence-electron chi connectivity index (χ4n) is 4.16. The second kappa shape index (κ2) is 9.79. The Morgan fingerprint density at radius 2 is 1.88 bits per heavy atom. The molecule has 0 aromatic heterocycles. The first-order valence-corrected chi connectivity index (χ1v) is 11.6. The smallest absolute Gasteiger partial charge is 0.326 e. The summed E-state index contributed by atoms with van der Waals surface area (Å²) in [7, 11) is 0. The highest BCUT2D eigenvalue weighted by molar-refractivity contribution is 6.34. The van der Waals surface area contributed by atoms with Gasteiger partial charge in [0, 0.05) is 25.4 Å². The number of rotatable bonds is 7. The van der Waals surface area contributed by atoms with Crippen LogP contribution in [0.1, 0.15) is 46.3 Å². The second-order valence-electron chi connectivity index (χ2n) is 8.73. The number of carbonyl (C=O) groups excluding carboxylic acids is 2. The Morgan fingerprint density at radius 3 is 2.45 bits per heavy atom. The minimum Gasteiger partial charge on any atom is -0.480 e. The predicted molar refractivity (Wildman–Crippen MR) is 127 cm³/mol. The molecule has 33 heavy (non-hydrogen) atoms. The number of carbonyl (C=O) groups is 3. The van der Waals surface area contributed by atoms with E-state index in [-0.39, 0.29) is 18.2 Å². The molecule has 2 N–H and O–H groups in total. The second-order valence-corrected chi connectivity index (χ2v) is 9.14. The van der Waals surface area contributed by atoms with Crippen LogP contribution in [0, 0.1) is 12.8 Å². The van der Waals surface area contributed by atoms with Crippen LogP contribution < -0.4 is 5.32 Å². The van der Waals surface area contributed by atoms with Gasteiger partial charge in [-0.1, -0.05) is 54.1 Å². The van der Waals surface area contributed by atoms with Gasteiger partial charge in [0.15, 0.2) is 0 Å². The lowest BCUT2D eigenvalue weighted by Crippen LogP contribution is -2.42. The summed E-state index contributed by atoms with van der Waals surface area (Å²) in [6, 6.07) is 11.8. The van der Waals surface area contributed by atoms with Crippen molar-refractivity contribution in [3.05, 3.63) is 75.8 Å². The van der Waals surface area contributed by atoms with Crippen LogP contribution in [0.5, 0.6) is 0 Å². The minimum atomic E-state index is -1.10. The Labute approximate surface area is 198 Å². The summed E-state index contributed by atoms with van der Waals surface area (Å²) in [6.45, 7) is 3.13. The molecule has 4 rings (SSSR count). The van der Waals surface area contributed by atoms with Gasteiger partial charge in [0.2, 0.25) is 5.91 Å². The summed E-state index contributed by atoms with van der Waals surface area (Å²) in [5.74, 6) is -1.09. The largest absolute Gasteiger partial charge is 0.480 e. The molecule has 2 aromatic rings. The summed E-state index contributed by atoms with van der Waals surface area (Å²) in [5, 5.41) is 12.5. The maximum atomic E-state index is 12.7. The van der Waals surface area contributed by atoms with Crippen LogP contribution in [0.25, 0.3) is 5.57 Å².